The van der Waals surface area contributed by atoms with E-state index in [0.29, 0.717) is 6.10 Å². The van der Waals surface area contributed by atoms with E-state index in [2.05, 4.69) is 16.7 Å². The molecule has 3 saturated heterocycles. The van der Waals surface area contributed by atoms with Crippen LogP contribution in [0, 0.1) is 5.41 Å². The minimum absolute atomic E-state index is 0.0281. The van der Waals surface area contributed by atoms with Crippen LogP contribution in [0.15, 0.2) is 0 Å². The molecule has 5 heteroatoms. The van der Waals surface area contributed by atoms with E-state index in [9.17, 15) is 5.11 Å². The van der Waals surface area contributed by atoms with Crippen LogP contribution in [-0.4, -0.2) is 86.2 Å². The van der Waals surface area contributed by atoms with Gasteiger partial charge in [0.05, 0.1) is 37.9 Å². The number of morpholine rings is 1. The molecule has 3 aliphatic heterocycles. The van der Waals surface area contributed by atoms with Gasteiger partial charge in [-0.3, -0.25) is 4.90 Å². The van der Waals surface area contributed by atoms with Gasteiger partial charge in [-0.2, -0.15) is 0 Å². The molecule has 0 saturated carbocycles. The summed E-state index contributed by atoms with van der Waals surface area (Å²) in [6.45, 7) is 10.2. The minimum atomic E-state index is 0.0281. The molecule has 0 aromatic rings. The second-order valence-electron chi connectivity index (χ2n) is 6.83. The smallest absolute Gasteiger partial charge is 0.0674 e. The Morgan fingerprint density at radius 2 is 1.95 bits per heavy atom. The molecule has 1 atom stereocenters. The Morgan fingerprint density at radius 1 is 1.20 bits per heavy atom. The van der Waals surface area contributed by atoms with Gasteiger partial charge >= 0.3 is 0 Å². The average Bonchev–Trinajstić information content (AvgIpc) is 2.44. The van der Waals surface area contributed by atoms with E-state index in [4.69, 9.17) is 9.47 Å². The van der Waals surface area contributed by atoms with Crippen molar-refractivity contribution in [3.63, 3.8) is 0 Å². The lowest BCUT2D eigenvalue weighted by Crippen LogP contribution is -2.56. The zero-order chi connectivity index (χ0) is 14.0. The molecule has 3 fully saturated rings. The summed E-state index contributed by atoms with van der Waals surface area (Å²) in [7, 11) is 0. The number of hydrogen-bond acceptors (Lipinski definition) is 5. The Labute approximate surface area is 121 Å². The van der Waals surface area contributed by atoms with Gasteiger partial charge in [0.1, 0.15) is 0 Å². The lowest BCUT2D eigenvalue weighted by atomic mass is 9.85. The number of aliphatic hydroxyl groups is 1. The van der Waals surface area contributed by atoms with Crippen LogP contribution in [0.1, 0.15) is 19.8 Å². The summed E-state index contributed by atoms with van der Waals surface area (Å²) in [4.78, 5) is 5.12. The van der Waals surface area contributed by atoms with Gasteiger partial charge in [0.15, 0.2) is 0 Å². The second-order valence-corrected chi connectivity index (χ2v) is 6.83. The van der Waals surface area contributed by atoms with Crippen molar-refractivity contribution in [2.45, 2.75) is 31.9 Å². The Bertz CT molecular complexity index is 309. The maximum Gasteiger partial charge on any atom is 0.0674 e. The predicted molar refractivity (Wildman–Crippen MR) is 76.8 cm³/mol. The summed E-state index contributed by atoms with van der Waals surface area (Å²) >= 11 is 0. The van der Waals surface area contributed by atoms with Gasteiger partial charge in [0.25, 0.3) is 0 Å². The van der Waals surface area contributed by atoms with E-state index in [1.165, 1.54) is 12.8 Å². The Hall–Kier alpha value is -0.200. The standard InChI is InChI=1S/C15H28N2O3/c1-13-8-17(6-7-20-13)14-2-4-16(5-3-14)9-15(10-18)11-19-12-15/h13-14,18H,2-12H2,1H3. The molecular formula is C15H28N2O3. The SMILES string of the molecule is CC1CN(C2CCN(CC3(CO)COC3)CC2)CCO1. The van der Waals surface area contributed by atoms with Gasteiger partial charge < -0.3 is 19.5 Å². The van der Waals surface area contributed by atoms with Crippen molar-refractivity contribution in [2.75, 3.05) is 59.2 Å². The monoisotopic (exact) mass is 284 g/mol. The number of hydrogen-bond donors (Lipinski definition) is 1. The highest BCUT2D eigenvalue weighted by molar-refractivity contribution is 4.90. The molecule has 0 spiro atoms. The molecule has 20 heavy (non-hydrogen) atoms. The fraction of sp³-hybridized carbons (Fsp3) is 1.00. The Kier molecular flexibility index (Phi) is 4.62. The third-order valence-electron chi connectivity index (χ3n) is 5.06. The zero-order valence-corrected chi connectivity index (χ0v) is 12.6. The van der Waals surface area contributed by atoms with E-state index in [0.717, 1.165) is 58.6 Å². The molecule has 3 aliphatic rings. The van der Waals surface area contributed by atoms with E-state index >= 15 is 0 Å². The molecule has 116 valence electrons. The predicted octanol–water partition coefficient (Wildman–Crippen LogP) is 0.180. The third-order valence-corrected chi connectivity index (χ3v) is 5.06. The normalized spacial score (nSPS) is 33.0. The van der Waals surface area contributed by atoms with Crippen LogP contribution < -0.4 is 0 Å². The Morgan fingerprint density at radius 3 is 2.50 bits per heavy atom. The fourth-order valence-electron chi connectivity index (χ4n) is 3.72. The second kappa shape index (κ2) is 6.28. The molecule has 0 radical (unpaired) electrons. The van der Waals surface area contributed by atoms with Crippen LogP contribution in [0.2, 0.25) is 0 Å². The summed E-state index contributed by atoms with van der Waals surface area (Å²) in [5.74, 6) is 0. The molecule has 0 amide bonds. The van der Waals surface area contributed by atoms with Crippen LogP contribution in [0.4, 0.5) is 0 Å². The molecule has 3 heterocycles. The van der Waals surface area contributed by atoms with Gasteiger partial charge in [-0.1, -0.05) is 0 Å². The first-order valence-electron chi connectivity index (χ1n) is 7.97. The fourth-order valence-corrected chi connectivity index (χ4v) is 3.72. The molecule has 0 aliphatic carbocycles. The first-order chi connectivity index (χ1) is 9.71. The highest BCUT2D eigenvalue weighted by Gasteiger charge is 2.40. The average molecular weight is 284 g/mol. The maximum absolute atomic E-state index is 9.52. The van der Waals surface area contributed by atoms with Crippen molar-refractivity contribution >= 4 is 0 Å². The van der Waals surface area contributed by atoms with Gasteiger partial charge in [-0.25, -0.2) is 0 Å². The summed E-state index contributed by atoms with van der Waals surface area (Å²) in [6.07, 6.45) is 2.87. The van der Waals surface area contributed by atoms with Crippen molar-refractivity contribution in [1.82, 2.24) is 9.80 Å². The van der Waals surface area contributed by atoms with Gasteiger partial charge in [0, 0.05) is 25.7 Å². The van der Waals surface area contributed by atoms with Crippen molar-refractivity contribution in [3.05, 3.63) is 0 Å². The van der Waals surface area contributed by atoms with Crippen LogP contribution >= 0.6 is 0 Å². The van der Waals surface area contributed by atoms with Crippen molar-refractivity contribution in [3.8, 4) is 0 Å². The van der Waals surface area contributed by atoms with E-state index in [1.807, 2.05) is 0 Å². The highest BCUT2D eigenvalue weighted by atomic mass is 16.5. The summed E-state index contributed by atoms with van der Waals surface area (Å²) < 4.78 is 10.9. The third kappa shape index (κ3) is 3.17. The highest BCUT2D eigenvalue weighted by Crippen LogP contribution is 2.29. The van der Waals surface area contributed by atoms with Gasteiger partial charge in [0.2, 0.25) is 0 Å². The van der Waals surface area contributed by atoms with Gasteiger partial charge in [-0.05, 0) is 32.9 Å². The molecule has 1 N–H and O–H groups in total. The van der Waals surface area contributed by atoms with Crippen molar-refractivity contribution in [1.29, 1.82) is 0 Å². The summed E-state index contributed by atoms with van der Waals surface area (Å²) in [5, 5.41) is 9.52. The first kappa shape index (κ1) is 14.7. The number of rotatable bonds is 4. The summed E-state index contributed by atoms with van der Waals surface area (Å²) in [5.41, 5.74) is 0.0281. The number of piperidine rings is 1. The van der Waals surface area contributed by atoms with Crippen LogP contribution in [0.3, 0.4) is 0 Å². The van der Waals surface area contributed by atoms with Crippen LogP contribution in [-0.2, 0) is 9.47 Å². The van der Waals surface area contributed by atoms with E-state index in [-0.39, 0.29) is 12.0 Å². The van der Waals surface area contributed by atoms with E-state index in [1.54, 1.807) is 0 Å². The Balaban J connectivity index is 1.44. The number of likely N-dealkylation sites (tertiary alicyclic amines) is 1. The number of ether oxygens (including phenoxy) is 2. The quantitative estimate of drug-likeness (QED) is 0.798. The lowest BCUT2D eigenvalue weighted by molar-refractivity contribution is -0.150. The van der Waals surface area contributed by atoms with E-state index < -0.39 is 0 Å². The molecule has 5 nitrogen and oxygen atoms in total. The lowest BCUT2D eigenvalue weighted by Gasteiger charge is -2.46. The molecule has 1 unspecified atom stereocenters. The zero-order valence-electron chi connectivity index (χ0n) is 12.6. The number of aliphatic hydroxyl groups excluding tert-OH is 1. The topological polar surface area (TPSA) is 45.2 Å². The molecule has 0 aromatic heterocycles. The molecule has 3 rings (SSSR count). The molecule has 0 aromatic carbocycles. The summed E-state index contributed by atoms with van der Waals surface area (Å²) in [6, 6.07) is 0.723. The number of nitrogens with zero attached hydrogens (tertiary/aromatic N) is 2. The molecular weight excluding hydrogens is 256 g/mol. The molecule has 0 bridgehead atoms. The minimum Gasteiger partial charge on any atom is -0.396 e. The largest absolute Gasteiger partial charge is 0.396 e. The van der Waals surface area contributed by atoms with Gasteiger partial charge in [-0.15, -0.1) is 0 Å². The maximum atomic E-state index is 9.52. The first-order valence-corrected chi connectivity index (χ1v) is 7.97. The van der Waals surface area contributed by atoms with Crippen molar-refractivity contribution < 1.29 is 14.6 Å². The van der Waals surface area contributed by atoms with Crippen LogP contribution in [0.5, 0.6) is 0 Å². The van der Waals surface area contributed by atoms with Crippen molar-refractivity contribution in [2.24, 2.45) is 5.41 Å². The van der Waals surface area contributed by atoms with Crippen LogP contribution in [0.25, 0.3) is 0 Å².